The van der Waals surface area contributed by atoms with E-state index in [4.69, 9.17) is 0 Å². The van der Waals surface area contributed by atoms with Gasteiger partial charge in [-0.2, -0.15) is 0 Å². The van der Waals surface area contributed by atoms with Gasteiger partial charge in [0, 0.05) is 24.8 Å². The van der Waals surface area contributed by atoms with Crippen LogP contribution in [0.4, 0.5) is 11.5 Å². The van der Waals surface area contributed by atoms with E-state index in [1.165, 1.54) is 0 Å². The summed E-state index contributed by atoms with van der Waals surface area (Å²) in [5.74, 6) is -0.0676. The molecule has 0 spiro atoms. The largest absolute Gasteiger partial charge is 0.312 e. The summed E-state index contributed by atoms with van der Waals surface area (Å²) < 4.78 is 1.10. The third-order valence-corrected chi connectivity index (χ3v) is 5.49. The minimum absolute atomic E-state index is 0.0470. The third kappa shape index (κ3) is 3.06. The Morgan fingerprint density at radius 1 is 1.31 bits per heavy atom. The van der Waals surface area contributed by atoms with Crippen LogP contribution >= 0.6 is 11.3 Å². The molecule has 1 aliphatic rings. The molecule has 2 amide bonds. The van der Waals surface area contributed by atoms with E-state index in [1.54, 1.807) is 22.4 Å². The number of aromatic nitrogens is 2. The predicted octanol–water partition coefficient (Wildman–Crippen LogP) is 3.30. The van der Waals surface area contributed by atoms with Crippen LogP contribution in [0, 0.1) is 19.8 Å². The zero-order chi connectivity index (χ0) is 18.3. The molecule has 26 heavy (non-hydrogen) atoms. The van der Waals surface area contributed by atoms with Gasteiger partial charge >= 0.3 is 0 Å². The minimum atomic E-state index is -0.392. The first-order valence-electron chi connectivity index (χ1n) is 8.41. The van der Waals surface area contributed by atoms with Gasteiger partial charge in [-0.05, 0) is 43.7 Å². The quantitative estimate of drug-likeness (QED) is 0.772. The first-order valence-corrected chi connectivity index (χ1v) is 9.23. The van der Waals surface area contributed by atoms with Crippen LogP contribution in [-0.2, 0) is 9.59 Å². The van der Waals surface area contributed by atoms with Crippen LogP contribution in [-0.4, -0.2) is 28.3 Å². The SMILES string of the molecule is Cc1nc2cc(N3CC(C(=O)Nc4ncccc4C)CC3=O)ccc2s1. The Morgan fingerprint density at radius 3 is 2.96 bits per heavy atom. The predicted molar refractivity (Wildman–Crippen MR) is 102 cm³/mol. The third-order valence-electron chi connectivity index (χ3n) is 4.54. The maximum Gasteiger partial charge on any atom is 0.230 e. The van der Waals surface area contributed by atoms with E-state index >= 15 is 0 Å². The van der Waals surface area contributed by atoms with Crippen molar-refractivity contribution in [3.8, 4) is 0 Å². The number of fused-ring (bicyclic) bond motifs is 1. The Kier molecular flexibility index (Phi) is 4.16. The van der Waals surface area contributed by atoms with E-state index in [0.717, 1.165) is 26.5 Å². The highest BCUT2D eigenvalue weighted by molar-refractivity contribution is 7.18. The average molecular weight is 366 g/mol. The molecule has 0 radical (unpaired) electrons. The van der Waals surface area contributed by atoms with Crippen molar-refractivity contribution in [2.45, 2.75) is 20.3 Å². The molecule has 0 aliphatic carbocycles. The van der Waals surface area contributed by atoms with Gasteiger partial charge in [-0.15, -0.1) is 11.3 Å². The van der Waals surface area contributed by atoms with E-state index in [0.29, 0.717) is 12.4 Å². The zero-order valence-corrected chi connectivity index (χ0v) is 15.3. The molecule has 0 bridgehead atoms. The number of aryl methyl sites for hydroxylation is 2. The van der Waals surface area contributed by atoms with E-state index < -0.39 is 5.92 Å². The number of carbonyl (C=O) groups is 2. The Bertz CT molecular complexity index is 1010. The summed E-state index contributed by atoms with van der Waals surface area (Å²) in [7, 11) is 0. The van der Waals surface area contributed by atoms with Crippen molar-refractivity contribution in [1.29, 1.82) is 0 Å². The molecular formula is C19H18N4O2S. The molecule has 1 saturated heterocycles. The number of anilines is 2. The van der Waals surface area contributed by atoms with Crippen molar-refractivity contribution in [3.63, 3.8) is 0 Å². The molecule has 0 saturated carbocycles. The van der Waals surface area contributed by atoms with Gasteiger partial charge in [0.15, 0.2) is 0 Å². The number of nitrogens with zero attached hydrogens (tertiary/aromatic N) is 3. The monoisotopic (exact) mass is 366 g/mol. The average Bonchev–Trinajstić information content (AvgIpc) is 3.18. The molecule has 4 rings (SSSR count). The molecule has 1 aliphatic heterocycles. The topological polar surface area (TPSA) is 75.2 Å². The molecule has 7 heteroatoms. The molecule has 1 aromatic carbocycles. The van der Waals surface area contributed by atoms with Crippen LogP contribution in [0.3, 0.4) is 0 Å². The maximum atomic E-state index is 12.6. The fourth-order valence-corrected chi connectivity index (χ4v) is 3.97. The Balaban J connectivity index is 1.52. The summed E-state index contributed by atoms with van der Waals surface area (Å²) in [6.07, 6.45) is 1.84. The molecule has 1 unspecified atom stereocenters. The fraction of sp³-hybridized carbons (Fsp3) is 0.263. The highest BCUT2D eigenvalue weighted by atomic mass is 32.1. The molecule has 1 atom stereocenters. The lowest BCUT2D eigenvalue weighted by Crippen LogP contribution is -2.28. The van der Waals surface area contributed by atoms with Gasteiger partial charge in [-0.1, -0.05) is 6.07 Å². The van der Waals surface area contributed by atoms with Crippen molar-refractivity contribution < 1.29 is 9.59 Å². The summed E-state index contributed by atoms with van der Waals surface area (Å²) in [5, 5.41) is 3.83. The van der Waals surface area contributed by atoms with Crippen molar-refractivity contribution in [2.24, 2.45) is 5.92 Å². The standard InChI is InChI=1S/C19H18N4O2S/c1-11-4-3-7-20-18(11)22-19(25)13-8-17(24)23(10-13)14-5-6-16-15(9-14)21-12(2)26-16/h3-7,9,13H,8,10H2,1-2H3,(H,20,22,25). The highest BCUT2D eigenvalue weighted by Crippen LogP contribution is 2.30. The van der Waals surface area contributed by atoms with Crippen molar-refractivity contribution >= 4 is 44.9 Å². The number of benzene rings is 1. The number of hydrogen-bond acceptors (Lipinski definition) is 5. The van der Waals surface area contributed by atoms with Crippen molar-refractivity contribution in [3.05, 3.63) is 47.1 Å². The summed E-state index contributed by atoms with van der Waals surface area (Å²) in [4.78, 5) is 35.4. The van der Waals surface area contributed by atoms with Gasteiger partial charge in [-0.3, -0.25) is 9.59 Å². The number of amides is 2. The zero-order valence-electron chi connectivity index (χ0n) is 14.5. The van der Waals surface area contributed by atoms with Crippen LogP contribution in [0.1, 0.15) is 17.0 Å². The number of hydrogen-bond donors (Lipinski definition) is 1. The first-order chi connectivity index (χ1) is 12.5. The maximum absolute atomic E-state index is 12.6. The second-order valence-electron chi connectivity index (χ2n) is 6.45. The lowest BCUT2D eigenvalue weighted by atomic mass is 10.1. The molecule has 3 heterocycles. The molecule has 2 aromatic heterocycles. The van der Waals surface area contributed by atoms with Crippen LogP contribution in [0.25, 0.3) is 10.2 Å². The normalized spacial score (nSPS) is 17.1. The number of pyridine rings is 1. The number of nitrogens with one attached hydrogen (secondary N) is 1. The van der Waals surface area contributed by atoms with Gasteiger partial charge in [0.05, 0.1) is 21.1 Å². The van der Waals surface area contributed by atoms with E-state index in [-0.39, 0.29) is 18.2 Å². The molecule has 1 N–H and O–H groups in total. The van der Waals surface area contributed by atoms with Crippen molar-refractivity contribution in [2.75, 3.05) is 16.8 Å². The molecular weight excluding hydrogens is 348 g/mol. The fourth-order valence-electron chi connectivity index (χ4n) is 3.17. The van der Waals surface area contributed by atoms with Crippen LogP contribution in [0.5, 0.6) is 0 Å². The molecule has 1 fully saturated rings. The smallest absolute Gasteiger partial charge is 0.230 e. The van der Waals surface area contributed by atoms with Gasteiger partial charge in [-0.25, -0.2) is 9.97 Å². The number of rotatable bonds is 3. The number of carbonyl (C=O) groups excluding carboxylic acids is 2. The molecule has 6 nitrogen and oxygen atoms in total. The van der Waals surface area contributed by atoms with Gasteiger partial charge in [0.25, 0.3) is 0 Å². The first kappa shape index (κ1) is 16.7. The van der Waals surface area contributed by atoms with Crippen LogP contribution < -0.4 is 10.2 Å². The summed E-state index contributed by atoms with van der Waals surface area (Å²) in [6.45, 7) is 4.22. The highest BCUT2D eigenvalue weighted by Gasteiger charge is 2.35. The second-order valence-corrected chi connectivity index (χ2v) is 7.68. The number of thiazole rings is 1. The Hall–Kier alpha value is -2.80. The van der Waals surface area contributed by atoms with E-state index in [2.05, 4.69) is 15.3 Å². The summed E-state index contributed by atoms with van der Waals surface area (Å²) in [6, 6.07) is 9.52. The van der Waals surface area contributed by atoms with Gasteiger partial charge in [0.2, 0.25) is 11.8 Å². The molecule has 132 valence electrons. The van der Waals surface area contributed by atoms with Crippen LogP contribution in [0.15, 0.2) is 36.5 Å². The lowest BCUT2D eigenvalue weighted by Gasteiger charge is -2.17. The second kappa shape index (κ2) is 6.49. The Morgan fingerprint density at radius 2 is 2.15 bits per heavy atom. The summed E-state index contributed by atoms with van der Waals surface area (Å²) in [5.41, 5.74) is 2.57. The lowest BCUT2D eigenvalue weighted by molar-refractivity contribution is -0.122. The van der Waals surface area contributed by atoms with Crippen LogP contribution in [0.2, 0.25) is 0 Å². The van der Waals surface area contributed by atoms with E-state index in [1.807, 2.05) is 44.2 Å². The molecule has 3 aromatic rings. The van der Waals surface area contributed by atoms with Gasteiger partial charge < -0.3 is 10.2 Å². The van der Waals surface area contributed by atoms with Crippen molar-refractivity contribution in [1.82, 2.24) is 9.97 Å². The Labute approximate surface area is 154 Å². The van der Waals surface area contributed by atoms with Gasteiger partial charge in [0.1, 0.15) is 5.82 Å². The minimum Gasteiger partial charge on any atom is -0.312 e. The summed E-state index contributed by atoms with van der Waals surface area (Å²) >= 11 is 1.63. The van der Waals surface area contributed by atoms with E-state index in [9.17, 15) is 9.59 Å².